The first kappa shape index (κ1) is 20.2. The summed E-state index contributed by atoms with van der Waals surface area (Å²) >= 11 is 0. The maximum absolute atomic E-state index is 6.60. The minimum Gasteiger partial charge on any atom is -0.487 e. The predicted molar refractivity (Wildman–Crippen MR) is 113 cm³/mol. The number of rotatable bonds is 6. The highest BCUT2D eigenvalue weighted by Crippen LogP contribution is 2.51. The van der Waals surface area contributed by atoms with Crippen molar-refractivity contribution in [2.45, 2.75) is 91.0 Å². The topological polar surface area (TPSA) is 18.5 Å². The highest BCUT2D eigenvalue weighted by Gasteiger charge is 2.48. The lowest BCUT2D eigenvalue weighted by Gasteiger charge is -2.50. The summed E-state index contributed by atoms with van der Waals surface area (Å²) in [6, 6.07) is 8.45. The van der Waals surface area contributed by atoms with Crippen LogP contribution < -0.4 is 4.74 Å². The quantitative estimate of drug-likeness (QED) is 0.496. The molecule has 0 aliphatic carbocycles. The van der Waals surface area contributed by atoms with E-state index in [9.17, 15) is 0 Å². The fraction of sp³-hybridized carbons (Fsp3) is 0.600. The van der Waals surface area contributed by atoms with Gasteiger partial charge in [0.25, 0.3) is 0 Å². The van der Waals surface area contributed by atoms with Gasteiger partial charge in [0.1, 0.15) is 11.4 Å². The van der Waals surface area contributed by atoms with Crippen molar-refractivity contribution in [1.29, 1.82) is 0 Å². The lowest BCUT2D eigenvalue weighted by molar-refractivity contribution is -0.152. The molecule has 1 saturated heterocycles. The van der Waals surface area contributed by atoms with Crippen molar-refractivity contribution in [3.63, 3.8) is 0 Å². The van der Waals surface area contributed by atoms with Gasteiger partial charge in [0.05, 0.1) is 12.2 Å². The Kier molecular flexibility index (Phi) is 6.47. The molecule has 1 aromatic rings. The van der Waals surface area contributed by atoms with Crippen LogP contribution in [0.2, 0.25) is 0 Å². The molecule has 2 heterocycles. The molecule has 0 N–H and O–H groups in total. The highest BCUT2D eigenvalue weighted by molar-refractivity contribution is 5.39. The highest BCUT2D eigenvalue weighted by atomic mass is 16.5. The summed E-state index contributed by atoms with van der Waals surface area (Å²) in [6.07, 6.45) is 11.9. The molecule has 4 atom stereocenters. The van der Waals surface area contributed by atoms with E-state index in [0.29, 0.717) is 12.0 Å². The van der Waals surface area contributed by atoms with Crippen molar-refractivity contribution in [3.8, 4) is 5.75 Å². The molecule has 0 aromatic heterocycles. The first-order chi connectivity index (χ1) is 12.9. The smallest absolute Gasteiger partial charge is 0.125 e. The van der Waals surface area contributed by atoms with Crippen molar-refractivity contribution < 1.29 is 9.47 Å². The number of hydrogen-bond acceptors (Lipinski definition) is 2. The van der Waals surface area contributed by atoms with E-state index in [1.807, 2.05) is 0 Å². The summed E-state index contributed by atoms with van der Waals surface area (Å²) in [5.74, 6) is 1.45. The van der Waals surface area contributed by atoms with Gasteiger partial charge in [-0.2, -0.15) is 0 Å². The van der Waals surface area contributed by atoms with Gasteiger partial charge in [0.15, 0.2) is 0 Å². The first-order valence-electron chi connectivity index (χ1n) is 10.6. The minimum atomic E-state index is -0.157. The van der Waals surface area contributed by atoms with Crippen LogP contribution in [-0.4, -0.2) is 11.7 Å². The largest absolute Gasteiger partial charge is 0.487 e. The minimum absolute atomic E-state index is 0.157. The maximum atomic E-state index is 6.60. The zero-order valence-electron chi connectivity index (χ0n) is 17.8. The zero-order valence-corrected chi connectivity index (χ0v) is 17.8. The van der Waals surface area contributed by atoms with Gasteiger partial charge in [-0.25, -0.2) is 0 Å². The maximum Gasteiger partial charge on any atom is 0.125 e. The van der Waals surface area contributed by atoms with Crippen molar-refractivity contribution in [2.75, 3.05) is 0 Å². The fourth-order valence-corrected chi connectivity index (χ4v) is 4.56. The molecule has 27 heavy (non-hydrogen) atoms. The average molecular weight is 369 g/mol. The van der Waals surface area contributed by atoms with Gasteiger partial charge < -0.3 is 9.47 Å². The number of ether oxygens (including phenoxy) is 2. The van der Waals surface area contributed by atoms with Crippen LogP contribution in [0.15, 0.2) is 47.6 Å². The summed E-state index contributed by atoms with van der Waals surface area (Å²) in [5.41, 5.74) is 3.97. The molecule has 0 bridgehead atoms. The van der Waals surface area contributed by atoms with Crippen LogP contribution in [-0.2, 0) is 4.74 Å². The van der Waals surface area contributed by atoms with Crippen molar-refractivity contribution in [1.82, 2.24) is 0 Å². The van der Waals surface area contributed by atoms with E-state index >= 15 is 0 Å². The van der Waals surface area contributed by atoms with Crippen molar-refractivity contribution in [3.05, 3.63) is 53.1 Å². The normalized spacial score (nSPS) is 30.1. The monoisotopic (exact) mass is 368 g/mol. The third-order valence-electron chi connectivity index (χ3n) is 6.21. The van der Waals surface area contributed by atoms with Gasteiger partial charge in [-0.1, -0.05) is 41.5 Å². The lowest BCUT2D eigenvalue weighted by atomic mass is 9.72. The molecule has 1 fully saturated rings. The van der Waals surface area contributed by atoms with E-state index in [2.05, 4.69) is 71.0 Å². The van der Waals surface area contributed by atoms with Gasteiger partial charge in [-0.3, -0.25) is 0 Å². The summed E-state index contributed by atoms with van der Waals surface area (Å²) in [6.45, 7) is 11.1. The SMILES string of the molecule is CC(C)=CCC/C(C)=C\CC[C@]1(C)Oc2ccccc2[C@@H]2O[C@H](C)CC[C@@H]21. The first-order valence-corrected chi connectivity index (χ1v) is 10.6. The van der Waals surface area contributed by atoms with E-state index in [4.69, 9.17) is 9.47 Å². The predicted octanol–water partition coefficient (Wildman–Crippen LogP) is 7.17. The Morgan fingerprint density at radius 1 is 1.11 bits per heavy atom. The third-order valence-corrected chi connectivity index (χ3v) is 6.21. The number of para-hydroxylation sites is 1. The number of benzene rings is 1. The van der Waals surface area contributed by atoms with Crippen molar-refractivity contribution >= 4 is 0 Å². The molecule has 0 amide bonds. The third kappa shape index (κ3) is 4.85. The molecule has 148 valence electrons. The number of hydrogen-bond donors (Lipinski definition) is 0. The summed E-state index contributed by atoms with van der Waals surface area (Å²) in [4.78, 5) is 0. The van der Waals surface area contributed by atoms with Gasteiger partial charge in [-0.15, -0.1) is 0 Å². The Hall–Kier alpha value is -1.54. The lowest BCUT2D eigenvalue weighted by Crippen LogP contribution is -2.50. The Labute approximate surface area is 165 Å². The molecule has 0 radical (unpaired) electrons. The summed E-state index contributed by atoms with van der Waals surface area (Å²) < 4.78 is 13.0. The van der Waals surface area contributed by atoms with E-state index in [-0.39, 0.29) is 11.7 Å². The molecular formula is C25H36O2. The molecule has 0 unspecified atom stereocenters. The van der Waals surface area contributed by atoms with Gasteiger partial charge in [0.2, 0.25) is 0 Å². The van der Waals surface area contributed by atoms with E-state index < -0.39 is 0 Å². The zero-order chi connectivity index (χ0) is 19.4. The van der Waals surface area contributed by atoms with Gasteiger partial charge >= 0.3 is 0 Å². The second-order valence-electron chi connectivity index (χ2n) is 8.91. The molecule has 2 heteroatoms. The second-order valence-corrected chi connectivity index (χ2v) is 8.91. The Morgan fingerprint density at radius 2 is 1.89 bits per heavy atom. The fourth-order valence-electron chi connectivity index (χ4n) is 4.56. The molecular weight excluding hydrogens is 332 g/mol. The van der Waals surface area contributed by atoms with Crippen LogP contribution in [0.25, 0.3) is 0 Å². The van der Waals surface area contributed by atoms with E-state index in [1.165, 1.54) is 23.1 Å². The molecule has 3 rings (SSSR count). The van der Waals surface area contributed by atoms with Crippen LogP contribution in [0.4, 0.5) is 0 Å². The van der Waals surface area contributed by atoms with Crippen LogP contribution in [0.5, 0.6) is 5.75 Å². The number of allylic oxidation sites excluding steroid dienone is 4. The van der Waals surface area contributed by atoms with Gasteiger partial charge in [0, 0.05) is 11.5 Å². The molecule has 2 aliphatic rings. The molecule has 1 aromatic carbocycles. The van der Waals surface area contributed by atoms with Crippen LogP contribution in [0, 0.1) is 5.92 Å². The Morgan fingerprint density at radius 3 is 2.67 bits per heavy atom. The van der Waals surface area contributed by atoms with Crippen molar-refractivity contribution in [2.24, 2.45) is 5.92 Å². The van der Waals surface area contributed by atoms with Crippen LogP contribution in [0.3, 0.4) is 0 Å². The van der Waals surface area contributed by atoms with Crippen LogP contribution in [0.1, 0.15) is 84.8 Å². The summed E-state index contributed by atoms with van der Waals surface area (Å²) in [7, 11) is 0. The molecule has 2 aliphatic heterocycles. The number of fused-ring (bicyclic) bond motifs is 3. The average Bonchev–Trinajstić information content (AvgIpc) is 2.61. The summed E-state index contributed by atoms with van der Waals surface area (Å²) in [5, 5.41) is 0. The molecule has 2 nitrogen and oxygen atoms in total. The van der Waals surface area contributed by atoms with E-state index in [0.717, 1.165) is 37.9 Å². The molecule has 0 spiro atoms. The standard InChI is InChI=1S/C25H36O2/c1-18(2)10-8-11-19(3)12-9-17-25(5)22-16-15-20(4)26-24(22)21-13-6-7-14-23(21)27-25/h6-7,10,12-14,20,22,24H,8-9,11,15-17H2,1-5H3/b19-12-/t20-,22+,24+,25+/m1/s1. The second kappa shape index (κ2) is 8.65. The Bertz CT molecular complexity index is 698. The molecule has 0 saturated carbocycles. The van der Waals surface area contributed by atoms with Crippen LogP contribution >= 0.6 is 0 Å². The van der Waals surface area contributed by atoms with E-state index in [1.54, 1.807) is 0 Å². The van der Waals surface area contributed by atoms with Gasteiger partial charge in [-0.05, 0) is 79.2 Å². The Balaban J connectivity index is 1.70.